The average Bonchev–Trinajstić information content (AvgIpc) is 3.33. The lowest BCUT2D eigenvalue weighted by molar-refractivity contribution is -0.144. The molecule has 8 nitrogen and oxygen atoms in total. The first-order valence-corrected chi connectivity index (χ1v) is 14.4. The third-order valence-electron chi connectivity index (χ3n) is 7.63. The standard InChI is InChI=1S/C33H36F2N4O4/c1-20(2)23-15-27(34)26(28(35)16-23)19-41-24-7-5-21(6-8-24)29(30(36)22-9-11-37-12-10-22)31-32(40)39(14-13-38-31)17-25-18-42-33(3,4)43-25/h5-12,15-16,20,25,29,36H,13-14,17-19H2,1-4H3. The predicted molar refractivity (Wildman–Crippen MR) is 159 cm³/mol. The Kier molecular flexibility index (Phi) is 8.98. The van der Waals surface area contributed by atoms with Crippen LogP contribution in [-0.4, -0.2) is 65.3 Å². The molecule has 1 fully saturated rings. The number of aliphatic imine (C=N–C) groups is 1. The molecule has 0 saturated carbocycles. The van der Waals surface area contributed by atoms with Crippen molar-refractivity contribution < 1.29 is 27.8 Å². The van der Waals surface area contributed by atoms with Crippen molar-refractivity contribution in [3.05, 3.63) is 94.8 Å². The van der Waals surface area contributed by atoms with Crippen molar-refractivity contribution in [2.45, 2.75) is 58.0 Å². The molecule has 2 unspecified atom stereocenters. The minimum atomic E-state index is -0.762. The van der Waals surface area contributed by atoms with Gasteiger partial charge in [0.1, 0.15) is 35.8 Å². The summed E-state index contributed by atoms with van der Waals surface area (Å²) < 4.78 is 46.6. The molecule has 2 aliphatic heterocycles. The number of hydrogen-bond donors (Lipinski definition) is 1. The molecule has 0 spiro atoms. The van der Waals surface area contributed by atoms with Crippen LogP contribution in [0.15, 0.2) is 65.9 Å². The number of rotatable bonds is 10. The highest BCUT2D eigenvalue weighted by Crippen LogP contribution is 2.29. The molecule has 2 atom stereocenters. The molecule has 2 aromatic carbocycles. The molecule has 0 aliphatic carbocycles. The fourth-order valence-electron chi connectivity index (χ4n) is 5.28. The van der Waals surface area contributed by atoms with Crippen LogP contribution in [0.4, 0.5) is 8.78 Å². The molecule has 0 bridgehead atoms. The van der Waals surface area contributed by atoms with Gasteiger partial charge in [0, 0.05) is 25.5 Å². The van der Waals surface area contributed by atoms with Gasteiger partial charge in [0.2, 0.25) is 0 Å². The lowest BCUT2D eigenvalue weighted by Crippen LogP contribution is -2.48. The van der Waals surface area contributed by atoms with Crippen LogP contribution in [0.25, 0.3) is 0 Å². The van der Waals surface area contributed by atoms with Gasteiger partial charge in [0.05, 0.1) is 30.3 Å². The second-order valence-electron chi connectivity index (χ2n) is 11.5. The summed E-state index contributed by atoms with van der Waals surface area (Å²) in [4.78, 5) is 24.1. The van der Waals surface area contributed by atoms with Crippen LogP contribution in [0.3, 0.4) is 0 Å². The van der Waals surface area contributed by atoms with Crippen LogP contribution < -0.4 is 4.74 Å². The third-order valence-corrected chi connectivity index (χ3v) is 7.63. The van der Waals surface area contributed by atoms with E-state index in [1.165, 1.54) is 12.1 Å². The zero-order valence-electron chi connectivity index (χ0n) is 24.8. The first-order chi connectivity index (χ1) is 20.5. The van der Waals surface area contributed by atoms with Crippen molar-refractivity contribution in [1.82, 2.24) is 9.88 Å². The van der Waals surface area contributed by atoms with Gasteiger partial charge < -0.3 is 24.5 Å². The number of carbonyl (C=O) groups excluding carboxylic acids is 1. The lowest BCUT2D eigenvalue weighted by atomic mass is 9.85. The van der Waals surface area contributed by atoms with Crippen LogP contribution in [-0.2, 0) is 20.9 Å². The van der Waals surface area contributed by atoms with Gasteiger partial charge in [-0.25, -0.2) is 8.78 Å². The molecular formula is C33H36F2N4O4. The largest absolute Gasteiger partial charge is 0.489 e. The van der Waals surface area contributed by atoms with E-state index in [9.17, 15) is 13.6 Å². The highest BCUT2D eigenvalue weighted by Gasteiger charge is 2.38. The van der Waals surface area contributed by atoms with E-state index in [1.54, 1.807) is 53.7 Å². The van der Waals surface area contributed by atoms with E-state index in [0.717, 1.165) is 0 Å². The number of halogens is 2. The maximum absolute atomic E-state index is 14.6. The summed E-state index contributed by atoms with van der Waals surface area (Å²) in [6.07, 6.45) is 2.93. The summed E-state index contributed by atoms with van der Waals surface area (Å²) in [6, 6.07) is 12.9. The van der Waals surface area contributed by atoms with Crippen molar-refractivity contribution in [2.24, 2.45) is 4.99 Å². The number of hydrogen-bond acceptors (Lipinski definition) is 7. The van der Waals surface area contributed by atoms with Crippen molar-refractivity contribution in [3.63, 3.8) is 0 Å². The summed E-state index contributed by atoms with van der Waals surface area (Å²) in [6.45, 7) is 8.72. The van der Waals surface area contributed by atoms with Gasteiger partial charge in [-0.05, 0) is 72.9 Å². The molecule has 2 aliphatic rings. The van der Waals surface area contributed by atoms with Crippen LogP contribution in [0, 0.1) is 17.0 Å². The third kappa shape index (κ3) is 6.97. The molecule has 1 amide bonds. The number of nitrogens with one attached hydrogen (secondary N) is 1. The Morgan fingerprint density at radius 1 is 1.09 bits per heavy atom. The number of nitrogens with zero attached hydrogens (tertiary/aromatic N) is 3. The second-order valence-corrected chi connectivity index (χ2v) is 11.5. The zero-order chi connectivity index (χ0) is 30.7. The number of ether oxygens (including phenoxy) is 3. The van der Waals surface area contributed by atoms with E-state index >= 15 is 0 Å². The zero-order valence-corrected chi connectivity index (χ0v) is 24.8. The van der Waals surface area contributed by atoms with Gasteiger partial charge in [-0.1, -0.05) is 26.0 Å². The molecule has 1 N–H and O–H groups in total. The van der Waals surface area contributed by atoms with Crippen LogP contribution in [0.5, 0.6) is 5.75 Å². The Hall–Kier alpha value is -4.02. The van der Waals surface area contributed by atoms with Gasteiger partial charge in [0.25, 0.3) is 5.91 Å². The average molecular weight is 591 g/mol. The van der Waals surface area contributed by atoms with Crippen LogP contribution in [0.2, 0.25) is 0 Å². The highest BCUT2D eigenvalue weighted by atomic mass is 19.1. The molecule has 3 aromatic rings. The molecule has 10 heteroatoms. The summed E-state index contributed by atoms with van der Waals surface area (Å²) in [5.41, 5.74) is 2.15. The Balaban J connectivity index is 1.37. The fraction of sp³-hybridized carbons (Fsp3) is 0.394. The molecule has 1 aromatic heterocycles. The first kappa shape index (κ1) is 30.4. The first-order valence-electron chi connectivity index (χ1n) is 14.4. The molecule has 3 heterocycles. The minimum Gasteiger partial charge on any atom is -0.489 e. The number of aromatic nitrogens is 1. The number of carbonyl (C=O) groups is 1. The molecule has 5 rings (SSSR count). The van der Waals surface area contributed by atoms with Crippen molar-refractivity contribution >= 4 is 17.3 Å². The SMILES string of the molecule is CC(C)c1cc(F)c(COc2ccc(C(C(=N)c3ccncc3)C3=NCCN(CC4COC(C)(C)O4)C3=O)cc2)c(F)c1. The van der Waals surface area contributed by atoms with Crippen LogP contribution >= 0.6 is 0 Å². The lowest BCUT2D eigenvalue weighted by Gasteiger charge is -2.32. The summed E-state index contributed by atoms with van der Waals surface area (Å²) >= 11 is 0. The Morgan fingerprint density at radius 3 is 2.37 bits per heavy atom. The van der Waals surface area contributed by atoms with E-state index in [1.807, 2.05) is 27.7 Å². The Bertz CT molecular complexity index is 1490. The summed E-state index contributed by atoms with van der Waals surface area (Å²) in [7, 11) is 0. The number of amides is 1. The molecule has 226 valence electrons. The topological polar surface area (TPSA) is 97.1 Å². The highest BCUT2D eigenvalue weighted by molar-refractivity contribution is 6.46. The van der Waals surface area contributed by atoms with Gasteiger partial charge in [-0.3, -0.25) is 14.8 Å². The van der Waals surface area contributed by atoms with E-state index in [-0.39, 0.29) is 41.5 Å². The minimum absolute atomic E-state index is 0.00437. The maximum atomic E-state index is 14.6. The smallest absolute Gasteiger partial charge is 0.268 e. The van der Waals surface area contributed by atoms with Crippen molar-refractivity contribution in [1.29, 1.82) is 5.41 Å². The fourth-order valence-corrected chi connectivity index (χ4v) is 5.28. The van der Waals surface area contributed by atoms with E-state index in [2.05, 4.69) is 9.98 Å². The van der Waals surface area contributed by atoms with E-state index < -0.39 is 23.3 Å². The normalized spacial score (nSPS) is 19.0. The molecule has 0 radical (unpaired) electrons. The Morgan fingerprint density at radius 2 is 1.77 bits per heavy atom. The Labute approximate surface area is 250 Å². The number of benzene rings is 2. The monoisotopic (exact) mass is 590 g/mol. The quantitative estimate of drug-likeness (QED) is 0.308. The van der Waals surface area contributed by atoms with Gasteiger partial charge >= 0.3 is 0 Å². The van der Waals surface area contributed by atoms with Crippen molar-refractivity contribution in [3.8, 4) is 5.75 Å². The van der Waals surface area contributed by atoms with Crippen LogP contribution in [0.1, 0.15) is 61.8 Å². The van der Waals surface area contributed by atoms with E-state index in [0.29, 0.717) is 48.7 Å². The number of pyridine rings is 1. The second kappa shape index (κ2) is 12.7. The maximum Gasteiger partial charge on any atom is 0.268 e. The molecule has 43 heavy (non-hydrogen) atoms. The molecule has 1 saturated heterocycles. The van der Waals surface area contributed by atoms with Gasteiger partial charge in [0.15, 0.2) is 5.79 Å². The predicted octanol–water partition coefficient (Wildman–Crippen LogP) is 5.65. The summed E-state index contributed by atoms with van der Waals surface area (Å²) in [5.74, 6) is -2.64. The van der Waals surface area contributed by atoms with Crippen molar-refractivity contribution in [2.75, 3.05) is 26.2 Å². The molecular weight excluding hydrogens is 554 g/mol. The summed E-state index contributed by atoms with van der Waals surface area (Å²) in [5, 5.41) is 9.10. The van der Waals surface area contributed by atoms with E-state index in [4.69, 9.17) is 19.6 Å². The van der Waals surface area contributed by atoms with Gasteiger partial charge in [-0.15, -0.1) is 0 Å². The van der Waals surface area contributed by atoms with Gasteiger partial charge in [-0.2, -0.15) is 0 Å².